The first-order valence-corrected chi connectivity index (χ1v) is 6.24. The molecule has 1 aromatic heterocycles. The van der Waals surface area contributed by atoms with Gasteiger partial charge in [-0.25, -0.2) is 4.98 Å². The van der Waals surface area contributed by atoms with Crippen molar-refractivity contribution in [3.8, 4) is 6.07 Å². The second kappa shape index (κ2) is 4.73. The monoisotopic (exact) mass is 239 g/mol. The summed E-state index contributed by atoms with van der Waals surface area (Å²) in [5.74, 6) is 3.12. The van der Waals surface area contributed by atoms with Crippen molar-refractivity contribution in [3.63, 3.8) is 0 Å². The van der Waals surface area contributed by atoms with Gasteiger partial charge in [-0.3, -0.25) is 0 Å². The van der Waals surface area contributed by atoms with Gasteiger partial charge >= 0.3 is 0 Å². The van der Waals surface area contributed by atoms with E-state index in [2.05, 4.69) is 9.88 Å². The Balaban J connectivity index is 2.22. The van der Waals surface area contributed by atoms with Crippen molar-refractivity contribution in [2.24, 2.45) is 0 Å². The standard InChI is InChI=1S/C10H10ClN3S/c11-10-8(7-12)1-2-9(13-10)14-3-5-15-6-4-14/h1-2H,3-6H2. The molecule has 0 aromatic carbocycles. The Morgan fingerprint density at radius 3 is 2.73 bits per heavy atom. The van der Waals surface area contributed by atoms with Crippen LogP contribution in [-0.2, 0) is 0 Å². The maximum absolute atomic E-state index is 8.73. The lowest BCUT2D eigenvalue weighted by Gasteiger charge is -2.27. The molecule has 0 amide bonds. The predicted octanol–water partition coefficient (Wildman–Crippen LogP) is 2.16. The van der Waals surface area contributed by atoms with Gasteiger partial charge < -0.3 is 4.90 Å². The van der Waals surface area contributed by atoms with Crippen LogP contribution in [0.25, 0.3) is 0 Å². The number of hydrogen-bond acceptors (Lipinski definition) is 4. The molecule has 0 radical (unpaired) electrons. The van der Waals surface area contributed by atoms with Crippen molar-refractivity contribution in [3.05, 3.63) is 22.8 Å². The Morgan fingerprint density at radius 1 is 1.40 bits per heavy atom. The molecule has 1 aromatic rings. The van der Waals surface area contributed by atoms with Crippen LogP contribution in [0.15, 0.2) is 12.1 Å². The highest BCUT2D eigenvalue weighted by atomic mass is 35.5. The molecule has 0 unspecified atom stereocenters. The molecule has 1 aliphatic rings. The second-order valence-electron chi connectivity index (χ2n) is 3.22. The third-order valence-corrected chi connectivity index (χ3v) is 3.52. The van der Waals surface area contributed by atoms with Crippen LogP contribution in [0.4, 0.5) is 5.82 Å². The summed E-state index contributed by atoms with van der Waals surface area (Å²) in [5, 5.41) is 9.03. The molecule has 2 heterocycles. The van der Waals surface area contributed by atoms with E-state index in [-0.39, 0.29) is 0 Å². The fraction of sp³-hybridized carbons (Fsp3) is 0.400. The highest BCUT2D eigenvalue weighted by Gasteiger charge is 2.13. The van der Waals surface area contributed by atoms with Crippen LogP contribution in [-0.4, -0.2) is 29.6 Å². The van der Waals surface area contributed by atoms with Crippen LogP contribution in [0, 0.1) is 11.3 Å². The summed E-state index contributed by atoms with van der Waals surface area (Å²) in [6, 6.07) is 5.60. The summed E-state index contributed by atoms with van der Waals surface area (Å²) < 4.78 is 0. The normalized spacial score (nSPS) is 16.1. The van der Waals surface area contributed by atoms with E-state index in [0.717, 1.165) is 30.4 Å². The number of nitriles is 1. The lowest BCUT2D eigenvalue weighted by Crippen LogP contribution is -2.33. The van der Waals surface area contributed by atoms with Gasteiger partial charge in [0.05, 0.1) is 5.56 Å². The van der Waals surface area contributed by atoms with Crippen molar-refractivity contribution < 1.29 is 0 Å². The first kappa shape index (κ1) is 10.6. The van der Waals surface area contributed by atoms with E-state index in [1.165, 1.54) is 0 Å². The minimum absolute atomic E-state index is 0.299. The summed E-state index contributed by atoms with van der Waals surface area (Å²) in [4.78, 5) is 6.43. The third-order valence-electron chi connectivity index (χ3n) is 2.29. The van der Waals surface area contributed by atoms with E-state index in [1.807, 2.05) is 23.9 Å². The summed E-state index contributed by atoms with van der Waals surface area (Å²) in [5.41, 5.74) is 0.437. The van der Waals surface area contributed by atoms with E-state index < -0.39 is 0 Å². The molecule has 3 nitrogen and oxygen atoms in total. The SMILES string of the molecule is N#Cc1ccc(N2CCSCC2)nc1Cl. The average Bonchev–Trinajstić information content (AvgIpc) is 2.30. The van der Waals surface area contributed by atoms with E-state index in [0.29, 0.717) is 10.7 Å². The van der Waals surface area contributed by atoms with E-state index in [4.69, 9.17) is 16.9 Å². The molecule has 1 aliphatic heterocycles. The molecular weight excluding hydrogens is 230 g/mol. The highest BCUT2D eigenvalue weighted by molar-refractivity contribution is 7.99. The first-order valence-electron chi connectivity index (χ1n) is 4.70. The fourth-order valence-electron chi connectivity index (χ4n) is 1.48. The minimum Gasteiger partial charge on any atom is -0.355 e. The Morgan fingerprint density at radius 2 is 2.13 bits per heavy atom. The lowest BCUT2D eigenvalue weighted by molar-refractivity contribution is 0.839. The second-order valence-corrected chi connectivity index (χ2v) is 4.80. The largest absolute Gasteiger partial charge is 0.355 e. The van der Waals surface area contributed by atoms with Gasteiger partial charge in [-0.15, -0.1) is 0 Å². The molecule has 0 atom stereocenters. The molecular formula is C10H10ClN3S. The predicted molar refractivity (Wildman–Crippen MR) is 63.5 cm³/mol. The third kappa shape index (κ3) is 2.36. The van der Waals surface area contributed by atoms with Crippen LogP contribution in [0.1, 0.15) is 5.56 Å². The minimum atomic E-state index is 0.299. The summed E-state index contributed by atoms with van der Waals surface area (Å²) in [7, 11) is 0. The van der Waals surface area contributed by atoms with Gasteiger partial charge in [0.25, 0.3) is 0 Å². The van der Waals surface area contributed by atoms with E-state index in [9.17, 15) is 0 Å². The van der Waals surface area contributed by atoms with Crippen molar-refractivity contribution in [2.45, 2.75) is 0 Å². The van der Waals surface area contributed by atoms with Gasteiger partial charge in [-0.1, -0.05) is 11.6 Å². The number of rotatable bonds is 1. The lowest BCUT2D eigenvalue weighted by atomic mass is 10.3. The molecule has 0 spiro atoms. The highest BCUT2D eigenvalue weighted by Crippen LogP contribution is 2.21. The van der Waals surface area contributed by atoms with Crippen LogP contribution < -0.4 is 4.90 Å². The number of aromatic nitrogens is 1. The van der Waals surface area contributed by atoms with Gasteiger partial charge in [0.1, 0.15) is 17.0 Å². The van der Waals surface area contributed by atoms with Crippen LogP contribution in [0.3, 0.4) is 0 Å². The van der Waals surface area contributed by atoms with Gasteiger partial charge in [0, 0.05) is 24.6 Å². The summed E-state index contributed by atoms with van der Waals surface area (Å²) >= 11 is 7.83. The molecule has 78 valence electrons. The van der Waals surface area contributed by atoms with Crippen molar-refractivity contribution >= 4 is 29.2 Å². The number of pyridine rings is 1. The average molecular weight is 240 g/mol. The maximum Gasteiger partial charge on any atom is 0.149 e. The molecule has 0 bridgehead atoms. The van der Waals surface area contributed by atoms with Crippen LogP contribution in [0.2, 0.25) is 5.15 Å². The zero-order valence-electron chi connectivity index (χ0n) is 8.11. The fourth-order valence-corrected chi connectivity index (χ4v) is 2.57. The Bertz CT molecular complexity index is 396. The summed E-state index contributed by atoms with van der Waals surface area (Å²) in [6.45, 7) is 2.00. The molecule has 1 fully saturated rings. The topological polar surface area (TPSA) is 39.9 Å². The molecule has 15 heavy (non-hydrogen) atoms. The smallest absolute Gasteiger partial charge is 0.149 e. The van der Waals surface area contributed by atoms with Crippen molar-refractivity contribution in [1.29, 1.82) is 5.26 Å². The quantitative estimate of drug-likeness (QED) is 0.705. The number of halogens is 1. The van der Waals surface area contributed by atoms with Crippen LogP contribution in [0.5, 0.6) is 0 Å². The number of nitrogens with zero attached hydrogens (tertiary/aromatic N) is 3. The van der Waals surface area contributed by atoms with Crippen molar-refractivity contribution in [2.75, 3.05) is 29.5 Å². The van der Waals surface area contributed by atoms with Gasteiger partial charge in [-0.2, -0.15) is 17.0 Å². The molecule has 0 N–H and O–H groups in total. The number of thioether (sulfide) groups is 1. The van der Waals surface area contributed by atoms with Gasteiger partial charge in [-0.05, 0) is 12.1 Å². The summed E-state index contributed by atoms with van der Waals surface area (Å²) in [6.07, 6.45) is 0. The number of anilines is 1. The Kier molecular flexibility index (Phi) is 3.34. The maximum atomic E-state index is 8.73. The molecule has 0 aliphatic carbocycles. The zero-order chi connectivity index (χ0) is 10.7. The molecule has 5 heteroatoms. The van der Waals surface area contributed by atoms with Crippen molar-refractivity contribution in [1.82, 2.24) is 4.98 Å². The van der Waals surface area contributed by atoms with Crippen LogP contribution >= 0.6 is 23.4 Å². The molecule has 2 rings (SSSR count). The number of hydrogen-bond donors (Lipinski definition) is 0. The zero-order valence-corrected chi connectivity index (χ0v) is 9.68. The van der Waals surface area contributed by atoms with Gasteiger partial charge in [0.2, 0.25) is 0 Å². The van der Waals surface area contributed by atoms with Gasteiger partial charge in [0.15, 0.2) is 0 Å². The Labute approximate surface area is 98.0 Å². The first-order chi connectivity index (χ1) is 7.31. The molecule has 1 saturated heterocycles. The van der Waals surface area contributed by atoms with E-state index in [1.54, 1.807) is 6.07 Å². The molecule has 0 saturated carbocycles. The van der Waals surface area contributed by atoms with E-state index >= 15 is 0 Å². The Hall–Kier alpha value is -0.920.